The maximum absolute atomic E-state index is 12.2. The van der Waals surface area contributed by atoms with Gasteiger partial charge in [-0.1, -0.05) is 34.1 Å². The van der Waals surface area contributed by atoms with Gasteiger partial charge in [-0.05, 0) is 25.0 Å². The number of halogens is 1. The van der Waals surface area contributed by atoms with Crippen LogP contribution in [0.25, 0.3) is 0 Å². The minimum atomic E-state index is -0.663. The lowest BCUT2D eigenvalue weighted by molar-refractivity contribution is -0.132. The van der Waals surface area contributed by atoms with E-state index in [0.717, 1.165) is 11.1 Å². The Balaban J connectivity index is 2.78. The van der Waals surface area contributed by atoms with E-state index in [4.69, 9.17) is 0 Å². The monoisotopic (exact) mass is 295 g/mol. The lowest BCUT2D eigenvalue weighted by Crippen LogP contribution is -2.52. The molecule has 0 spiro atoms. The van der Waals surface area contributed by atoms with Crippen molar-refractivity contribution in [2.75, 3.05) is 12.4 Å². The topological polar surface area (TPSA) is 37.4 Å². The number of likely N-dealkylation sites (N-methyl/N-ethyl adjacent to an activating group) is 1. The highest BCUT2D eigenvalue weighted by Crippen LogP contribution is 2.36. The summed E-state index contributed by atoms with van der Waals surface area (Å²) < 4.78 is 0. The van der Waals surface area contributed by atoms with Crippen LogP contribution in [-0.2, 0) is 10.2 Å². The molecule has 1 aromatic rings. The molecule has 0 bridgehead atoms. The number of alkyl halides is 1. The van der Waals surface area contributed by atoms with Gasteiger partial charge < -0.3 is 0 Å². The summed E-state index contributed by atoms with van der Waals surface area (Å²) in [4.78, 5) is 25.6. The lowest BCUT2D eigenvalue weighted by Gasteiger charge is -2.37. The van der Waals surface area contributed by atoms with Gasteiger partial charge in [-0.25, -0.2) is 0 Å². The number of imide groups is 1. The van der Waals surface area contributed by atoms with E-state index in [-0.39, 0.29) is 11.8 Å². The Morgan fingerprint density at radius 3 is 2.59 bits per heavy atom. The van der Waals surface area contributed by atoms with E-state index in [1.807, 2.05) is 32.0 Å². The fourth-order valence-electron chi connectivity index (χ4n) is 2.29. The van der Waals surface area contributed by atoms with Gasteiger partial charge in [0, 0.05) is 17.9 Å². The first-order valence-corrected chi connectivity index (χ1v) is 6.54. The minimum absolute atomic E-state index is 0.155. The van der Waals surface area contributed by atoms with Crippen LogP contribution in [-0.4, -0.2) is 29.1 Å². The third-order valence-corrected chi connectivity index (χ3v) is 4.55. The molecule has 0 saturated carbocycles. The highest BCUT2D eigenvalue weighted by molar-refractivity contribution is 9.09. The fraction of sp³-hybridized carbons (Fsp3) is 0.385. The van der Waals surface area contributed by atoms with Gasteiger partial charge in [-0.15, -0.1) is 0 Å². The normalized spacial score (nSPS) is 23.9. The van der Waals surface area contributed by atoms with E-state index in [9.17, 15) is 9.59 Å². The van der Waals surface area contributed by atoms with E-state index < -0.39 is 5.41 Å². The van der Waals surface area contributed by atoms with Crippen LogP contribution in [0.3, 0.4) is 0 Å². The Labute approximate surface area is 109 Å². The maximum atomic E-state index is 12.2. The molecule has 1 unspecified atom stereocenters. The van der Waals surface area contributed by atoms with Crippen LogP contribution in [0.5, 0.6) is 0 Å². The van der Waals surface area contributed by atoms with Gasteiger partial charge in [-0.3, -0.25) is 14.5 Å². The summed E-state index contributed by atoms with van der Waals surface area (Å²) in [5.74, 6) is -0.362. The average molecular weight is 296 g/mol. The van der Waals surface area contributed by atoms with Crippen molar-refractivity contribution < 1.29 is 9.59 Å². The summed E-state index contributed by atoms with van der Waals surface area (Å²) >= 11 is 3.39. The molecule has 90 valence electrons. The molecule has 17 heavy (non-hydrogen) atoms. The molecular formula is C13H14BrNO2. The number of nitrogens with zero attached hydrogens (tertiary/aromatic N) is 1. The number of carbonyl (C=O) groups excluding carboxylic acids is 2. The third-order valence-electron chi connectivity index (χ3n) is 3.43. The van der Waals surface area contributed by atoms with E-state index in [2.05, 4.69) is 15.9 Å². The van der Waals surface area contributed by atoms with Crippen LogP contribution in [0.2, 0.25) is 0 Å². The molecule has 0 N–H and O–H groups in total. The summed E-state index contributed by atoms with van der Waals surface area (Å²) in [6, 6.07) is 5.66. The quantitative estimate of drug-likeness (QED) is 0.589. The first-order chi connectivity index (χ1) is 7.93. The Morgan fingerprint density at radius 1 is 1.35 bits per heavy atom. The standard InChI is InChI=1S/C13H14BrNO2/c1-8-5-4-6-9-10(8)11(16)15(3)12(17)13(9,2)7-14/h4-6H,7H2,1-3H3. The Hall–Kier alpha value is -1.16. The smallest absolute Gasteiger partial charge is 0.260 e. The Kier molecular flexibility index (Phi) is 2.86. The number of hydrogen-bond acceptors (Lipinski definition) is 2. The molecule has 0 aliphatic carbocycles. The van der Waals surface area contributed by atoms with Gasteiger partial charge in [0.25, 0.3) is 5.91 Å². The van der Waals surface area contributed by atoms with Crippen molar-refractivity contribution in [3.8, 4) is 0 Å². The van der Waals surface area contributed by atoms with Crippen molar-refractivity contribution in [2.24, 2.45) is 0 Å². The second-order valence-electron chi connectivity index (χ2n) is 4.63. The summed E-state index contributed by atoms with van der Waals surface area (Å²) in [6.45, 7) is 3.76. The average Bonchev–Trinajstić information content (AvgIpc) is 2.33. The molecule has 2 rings (SSSR count). The molecule has 4 heteroatoms. The number of rotatable bonds is 1. The van der Waals surface area contributed by atoms with E-state index in [1.54, 1.807) is 7.05 Å². The largest absolute Gasteiger partial charge is 0.281 e. The van der Waals surface area contributed by atoms with Crippen molar-refractivity contribution >= 4 is 27.7 Å². The van der Waals surface area contributed by atoms with Crippen LogP contribution in [0.15, 0.2) is 18.2 Å². The predicted octanol–water partition coefficient (Wildman–Crippen LogP) is 2.26. The molecule has 1 aromatic carbocycles. The van der Waals surface area contributed by atoms with Crippen LogP contribution < -0.4 is 0 Å². The molecule has 1 atom stereocenters. The van der Waals surface area contributed by atoms with Crippen LogP contribution in [0.1, 0.15) is 28.4 Å². The molecule has 1 heterocycles. The number of fused-ring (bicyclic) bond motifs is 1. The molecule has 1 aliphatic heterocycles. The minimum Gasteiger partial charge on any atom is -0.281 e. The van der Waals surface area contributed by atoms with Crippen molar-refractivity contribution in [3.63, 3.8) is 0 Å². The Morgan fingerprint density at radius 2 is 2.00 bits per heavy atom. The molecular weight excluding hydrogens is 282 g/mol. The van der Waals surface area contributed by atoms with Crippen LogP contribution in [0, 0.1) is 6.92 Å². The molecule has 0 aromatic heterocycles. The second-order valence-corrected chi connectivity index (χ2v) is 5.19. The predicted molar refractivity (Wildman–Crippen MR) is 69.4 cm³/mol. The zero-order valence-electron chi connectivity index (χ0n) is 10.1. The highest BCUT2D eigenvalue weighted by atomic mass is 79.9. The van der Waals surface area contributed by atoms with Gasteiger partial charge in [0.05, 0.1) is 5.41 Å². The number of aryl methyl sites for hydroxylation is 1. The number of amides is 2. The molecule has 0 fully saturated rings. The van der Waals surface area contributed by atoms with Crippen molar-refractivity contribution in [1.82, 2.24) is 4.90 Å². The van der Waals surface area contributed by atoms with Gasteiger partial charge in [0.1, 0.15) is 0 Å². The number of hydrogen-bond donors (Lipinski definition) is 0. The first kappa shape index (κ1) is 12.3. The first-order valence-electron chi connectivity index (χ1n) is 5.42. The van der Waals surface area contributed by atoms with E-state index >= 15 is 0 Å². The third kappa shape index (κ3) is 1.54. The van der Waals surface area contributed by atoms with Gasteiger partial charge in [0.2, 0.25) is 5.91 Å². The SMILES string of the molecule is Cc1cccc2c1C(=O)N(C)C(=O)C2(C)CBr. The van der Waals surface area contributed by atoms with Gasteiger partial charge in [0.15, 0.2) is 0 Å². The second kappa shape index (κ2) is 3.95. The van der Waals surface area contributed by atoms with Gasteiger partial charge >= 0.3 is 0 Å². The zero-order valence-corrected chi connectivity index (χ0v) is 11.7. The van der Waals surface area contributed by atoms with Crippen molar-refractivity contribution in [2.45, 2.75) is 19.3 Å². The van der Waals surface area contributed by atoms with E-state index in [0.29, 0.717) is 10.9 Å². The molecule has 3 nitrogen and oxygen atoms in total. The fourth-order valence-corrected chi connectivity index (χ4v) is 2.83. The highest BCUT2D eigenvalue weighted by Gasteiger charge is 2.45. The zero-order chi connectivity index (χ0) is 12.8. The lowest BCUT2D eigenvalue weighted by atomic mass is 9.76. The summed E-state index contributed by atoms with van der Waals surface area (Å²) in [5, 5.41) is 0.507. The Bertz CT molecular complexity index is 512. The molecule has 0 radical (unpaired) electrons. The molecule has 2 amide bonds. The summed E-state index contributed by atoms with van der Waals surface area (Å²) in [5.41, 5.74) is 1.74. The van der Waals surface area contributed by atoms with Crippen LogP contribution in [0.4, 0.5) is 0 Å². The summed E-state index contributed by atoms with van der Waals surface area (Å²) in [6.07, 6.45) is 0. The van der Waals surface area contributed by atoms with Crippen molar-refractivity contribution in [3.05, 3.63) is 34.9 Å². The van der Waals surface area contributed by atoms with E-state index in [1.165, 1.54) is 4.90 Å². The molecule has 0 saturated heterocycles. The van der Waals surface area contributed by atoms with Crippen LogP contribution >= 0.6 is 15.9 Å². The van der Waals surface area contributed by atoms with Gasteiger partial charge in [-0.2, -0.15) is 0 Å². The number of carbonyl (C=O) groups is 2. The maximum Gasteiger partial charge on any atom is 0.260 e. The van der Waals surface area contributed by atoms with Crippen molar-refractivity contribution in [1.29, 1.82) is 0 Å². The summed E-state index contributed by atoms with van der Waals surface area (Å²) in [7, 11) is 1.54. The number of benzene rings is 1. The molecule has 1 aliphatic rings.